The monoisotopic (exact) mass is 194 g/mol. The average molecular weight is 194 g/mol. The van der Waals surface area contributed by atoms with Crippen LogP contribution in [0.25, 0.3) is 0 Å². The van der Waals surface area contributed by atoms with E-state index in [2.05, 4.69) is 25.5 Å². The van der Waals surface area contributed by atoms with E-state index in [1.54, 1.807) is 6.08 Å². The van der Waals surface area contributed by atoms with Crippen molar-refractivity contribution in [3.63, 3.8) is 0 Å². The van der Waals surface area contributed by atoms with Crippen LogP contribution < -0.4 is 0 Å². The summed E-state index contributed by atoms with van der Waals surface area (Å²) in [6.07, 6.45) is 4.54. The largest absolute Gasteiger partial charge is 0.392 e. The van der Waals surface area contributed by atoms with Crippen LogP contribution in [-0.2, 0) is 6.42 Å². The Balaban J connectivity index is 2.55. The molecule has 1 atom stereocenters. The van der Waals surface area contributed by atoms with Crippen molar-refractivity contribution in [1.82, 2.24) is 9.78 Å². The van der Waals surface area contributed by atoms with Crippen molar-refractivity contribution < 1.29 is 5.11 Å². The van der Waals surface area contributed by atoms with Crippen molar-refractivity contribution in [3.05, 3.63) is 30.6 Å². The number of hydrogen-bond donors (Lipinski definition) is 1. The third-order valence-corrected chi connectivity index (χ3v) is 2.08. The molecule has 0 amide bonds. The number of rotatable bonds is 5. The molecule has 0 saturated heterocycles. The predicted molar refractivity (Wildman–Crippen MR) is 57.1 cm³/mol. The highest BCUT2D eigenvalue weighted by Crippen LogP contribution is 2.07. The van der Waals surface area contributed by atoms with Gasteiger partial charge in [0.1, 0.15) is 0 Å². The predicted octanol–water partition coefficient (Wildman–Crippen LogP) is 1.94. The fourth-order valence-corrected chi connectivity index (χ4v) is 1.29. The molecule has 78 valence electrons. The van der Waals surface area contributed by atoms with E-state index in [4.69, 9.17) is 0 Å². The van der Waals surface area contributed by atoms with E-state index in [0.717, 1.165) is 5.69 Å². The fourth-order valence-electron chi connectivity index (χ4n) is 1.29. The van der Waals surface area contributed by atoms with E-state index in [-0.39, 0.29) is 6.10 Å². The van der Waals surface area contributed by atoms with Crippen LogP contribution in [-0.4, -0.2) is 21.0 Å². The maximum absolute atomic E-state index is 9.53. The summed E-state index contributed by atoms with van der Waals surface area (Å²) in [5.41, 5.74) is 0.938. The molecule has 3 nitrogen and oxygen atoms in total. The van der Waals surface area contributed by atoms with Crippen LogP contribution in [0.4, 0.5) is 0 Å². The Kier molecular flexibility index (Phi) is 3.89. The van der Waals surface area contributed by atoms with Gasteiger partial charge in [-0.15, -0.1) is 6.58 Å². The lowest BCUT2D eigenvalue weighted by Gasteiger charge is -2.06. The van der Waals surface area contributed by atoms with Gasteiger partial charge in [0, 0.05) is 18.7 Å². The summed E-state index contributed by atoms with van der Waals surface area (Å²) < 4.78 is 1.90. The van der Waals surface area contributed by atoms with Gasteiger partial charge in [-0.25, -0.2) is 0 Å². The molecule has 1 aromatic heterocycles. The summed E-state index contributed by atoms with van der Waals surface area (Å²) in [6.45, 7) is 7.75. The second-order valence-corrected chi connectivity index (χ2v) is 3.76. The van der Waals surface area contributed by atoms with Crippen LogP contribution in [0.5, 0.6) is 0 Å². The number of aromatic nitrogens is 2. The Labute approximate surface area is 85.1 Å². The molecule has 0 aromatic carbocycles. The Morgan fingerprint density at radius 2 is 2.36 bits per heavy atom. The summed E-state index contributed by atoms with van der Waals surface area (Å²) in [5, 5.41) is 13.9. The third-order valence-electron chi connectivity index (χ3n) is 2.08. The van der Waals surface area contributed by atoms with Gasteiger partial charge >= 0.3 is 0 Å². The summed E-state index contributed by atoms with van der Waals surface area (Å²) in [4.78, 5) is 0. The maximum Gasteiger partial charge on any atom is 0.0650 e. The SMILES string of the molecule is C=CCC(O)Cc1ccn(C(C)C)n1. The quantitative estimate of drug-likeness (QED) is 0.727. The molecule has 1 rings (SSSR count). The Morgan fingerprint density at radius 3 is 2.86 bits per heavy atom. The lowest BCUT2D eigenvalue weighted by molar-refractivity contribution is 0.177. The van der Waals surface area contributed by atoms with Crippen molar-refractivity contribution in [1.29, 1.82) is 0 Å². The van der Waals surface area contributed by atoms with E-state index < -0.39 is 0 Å². The Bertz CT molecular complexity index is 291. The highest BCUT2D eigenvalue weighted by molar-refractivity contribution is 5.01. The van der Waals surface area contributed by atoms with Crippen molar-refractivity contribution in [2.75, 3.05) is 0 Å². The molecule has 0 aliphatic heterocycles. The van der Waals surface area contributed by atoms with E-state index in [0.29, 0.717) is 18.9 Å². The first kappa shape index (κ1) is 11.0. The molecule has 0 aliphatic carbocycles. The maximum atomic E-state index is 9.53. The molecule has 1 heterocycles. The minimum Gasteiger partial charge on any atom is -0.392 e. The second kappa shape index (κ2) is 4.96. The number of aliphatic hydroxyl groups is 1. The number of hydrogen-bond acceptors (Lipinski definition) is 2. The zero-order valence-electron chi connectivity index (χ0n) is 8.85. The van der Waals surface area contributed by atoms with Crippen molar-refractivity contribution in [2.24, 2.45) is 0 Å². The average Bonchev–Trinajstić information content (AvgIpc) is 2.53. The van der Waals surface area contributed by atoms with Crippen LogP contribution >= 0.6 is 0 Å². The van der Waals surface area contributed by atoms with Crippen LogP contribution in [0.3, 0.4) is 0 Å². The first-order valence-electron chi connectivity index (χ1n) is 4.96. The number of nitrogens with zero attached hydrogens (tertiary/aromatic N) is 2. The molecule has 0 bridgehead atoms. The van der Waals surface area contributed by atoms with E-state index in [9.17, 15) is 5.11 Å². The zero-order valence-corrected chi connectivity index (χ0v) is 8.85. The molecular weight excluding hydrogens is 176 g/mol. The van der Waals surface area contributed by atoms with Crippen molar-refractivity contribution in [3.8, 4) is 0 Å². The van der Waals surface area contributed by atoms with Crippen LogP contribution in [0.1, 0.15) is 32.0 Å². The minimum atomic E-state index is -0.358. The molecule has 0 saturated carbocycles. The lowest BCUT2D eigenvalue weighted by atomic mass is 10.1. The highest BCUT2D eigenvalue weighted by Gasteiger charge is 2.07. The lowest BCUT2D eigenvalue weighted by Crippen LogP contribution is -2.10. The van der Waals surface area contributed by atoms with Gasteiger partial charge in [-0.05, 0) is 26.3 Å². The smallest absolute Gasteiger partial charge is 0.0650 e. The summed E-state index contributed by atoms with van der Waals surface area (Å²) in [6, 6.07) is 2.33. The third kappa shape index (κ3) is 3.00. The van der Waals surface area contributed by atoms with Crippen LogP contribution in [0.2, 0.25) is 0 Å². The Morgan fingerprint density at radius 1 is 1.64 bits per heavy atom. The molecule has 1 unspecified atom stereocenters. The van der Waals surface area contributed by atoms with Crippen LogP contribution in [0, 0.1) is 0 Å². The first-order valence-corrected chi connectivity index (χ1v) is 4.96. The molecule has 0 aliphatic rings. The highest BCUT2D eigenvalue weighted by atomic mass is 16.3. The summed E-state index contributed by atoms with van der Waals surface area (Å²) in [7, 11) is 0. The van der Waals surface area contributed by atoms with Gasteiger partial charge < -0.3 is 5.11 Å². The molecule has 0 radical (unpaired) electrons. The number of aliphatic hydroxyl groups excluding tert-OH is 1. The first-order chi connectivity index (χ1) is 6.63. The second-order valence-electron chi connectivity index (χ2n) is 3.76. The molecule has 1 aromatic rings. The van der Waals surface area contributed by atoms with Gasteiger partial charge in [0.2, 0.25) is 0 Å². The normalized spacial score (nSPS) is 13.1. The van der Waals surface area contributed by atoms with Gasteiger partial charge in [0.05, 0.1) is 11.8 Å². The minimum absolute atomic E-state index is 0.358. The molecule has 1 N–H and O–H groups in total. The molecule has 0 spiro atoms. The fraction of sp³-hybridized carbons (Fsp3) is 0.545. The summed E-state index contributed by atoms with van der Waals surface area (Å²) >= 11 is 0. The Hall–Kier alpha value is -1.09. The van der Waals surface area contributed by atoms with Crippen molar-refractivity contribution >= 4 is 0 Å². The topological polar surface area (TPSA) is 38.0 Å². The van der Waals surface area contributed by atoms with Gasteiger partial charge in [0.25, 0.3) is 0 Å². The zero-order chi connectivity index (χ0) is 10.6. The van der Waals surface area contributed by atoms with E-state index in [1.807, 2.05) is 16.9 Å². The standard InChI is InChI=1S/C11H18N2O/c1-4-5-11(14)8-10-6-7-13(12-10)9(2)3/h4,6-7,9,11,14H,1,5,8H2,2-3H3. The molecular formula is C11H18N2O. The van der Waals surface area contributed by atoms with Crippen LogP contribution in [0.15, 0.2) is 24.9 Å². The molecule has 14 heavy (non-hydrogen) atoms. The van der Waals surface area contributed by atoms with E-state index >= 15 is 0 Å². The van der Waals surface area contributed by atoms with Gasteiger partial charge in [0.15, 0.2) is 0 Å². The molecule has 3 heteroatoms. The van der Waals surface area contributed by atoms with Gasteiger partial charge in [-0.1, -0.05) is 6.08 Å². The van der Waals surface area contributed by atoms with Gasteiger partial charge in [-0.3, -0.25) is 4.68 Å². The van der Waals surface area contributed by atoms with Gasteiger partial charge in [-0.2, -0.15) is 5.10 Å². The molecule has 0 fully saturated rings. The summed E-state index contributed by atoms with van der Waals surface area (Å²) in [5.74, 6) is 0. The van der Waals surface area contributed by atoms with E-state index in [1.165, 1.54) is 0 Å². The van der Waals surface area contributed by atoms with Crippen molar-refractivity contribution in [2.45, 2.75) is 38.8 Å².